The normalized spacial score (nSPS) is 33.5. The predicted octanol–water partition coefficient (Wildman–Crippen LogP) is 5.21. The van der Waals surface area contributed by atoms with Gasteiger partial charge in [0.15, 0.2) is 0 Å². The quantitative estimate of drug-likeness (QED) is 0.252. The summed E-state index contributed by atoms with van der Waals surface area (Å²) in [6, 6.07) is 5.23. The Kier molecular flexibility index (Phi) is 6.56. The van der Waals surface area contributed by atoms with E-state index in [0.29, 0.717) is 45.0 Å². The second kappa shape index (κ2) is 9.96. The summed E-state index contributed by atoms with van der Waals surface area (Å²) >= 11 is 3.35. The maximum absolute atomic E-state index is 12.9. The van der Waals surface area contributed by atoms with Crippen molar-refractivity contribution in [2.45, 2.75) is 84.4 Å². The van der Waals surface area contributed by atoms with Gasteiger partial charge in [-0.2, -0.15) is 0 Å². The van der Waals surface area contributed by atoms with Gasteiger partial charge in [0.05, 0.1) is 24.0 Å². The minimum Gasteiger partial charge on any atom is -0.461 e. The number of rotatable bonds is 5. The SMILES string of the molecule is C[C@]12CC[C@H](OC(=O)Cn3cc(CN4C(=O)C(=O)c5c(Br)cccc54)nn3)CC1=CC[C@@H]1[C@@H]2CC[C@]2(C)C(=O)CC[C@@H]12. The van der Waals surface area contributed by atoms with Crippen LogP contribution in [0, 0.1) is 28.6 Å². The van der Waals surface area contributed by atoms with E-state index >= 15 is 0 Å². The lowest BCUT2D eigenvalue weighted by atomic mass is 9.48. The molecule has 2 heterocycles. The van der Waals surface area contributed by atoms with E-state index in [1.807, 2.05) is 0 Å². The van der Waals surface area contributed by atoms with Gasteiger partial charge in [-0.05, 0) is 89.8 Å². The highest BCUT2D eigenvalue weighted by atomic mass is 79.9. The number of Topliss-reactive ketones (excluding diaryl/α,β-unsaturated/α-hetero) is 2. The van der Waals surface area contributed by atoms with Gasteiger partial charge in [0.1, 0.15) is 24.1 Å². The number of nitrogens with zero attached hydrogens (tertiary/aromatic N) is 4. The van der Waals surface area contributed by atoms with Gasteiger partial charge in [0.25, 0.3) is 11.7 Å². The third-order valence-electron chi connectivity index (χ3n) is 11.2. The van der Waals surface area contributed by atoms with Gasteiger partial charge in [0.2, 0.25) is 0 Å². The lowest BCUT2D eigenvalue weighted by Gasteiger charge is -2.56. The molecule has 1 aromatic carbocycles. The average molecular weight is 636 g/mol. The molecule has 6 atom stereocenters. The number of ketones is 2. The minimum absolute atomic E-state index is 0.0756. The maximum Gasteiger partial charge on any atom is 0.328 e. The number of carbonyl (C=O) groups is 4. The molecule has 0 bridgehead atoms. The fourth-order valence-electron chi connectivity index (χ4n) is 8.96. The number of allylic oxidation sites excluding steroid dienone is 1. The highest BCUT2D eigenvalue weighted by molar-refractivity contribution is 9.10. The van der Waals surface area contributed by atoms with E-state index in [9.17, 15) is 19.2 Å². The lowest BCUT2D eigenvalue weighted by Crippen LogP contribution is -2.50. The predicted molar refractivity (Wildman–Crippen MR) is 156 cm³/mol. The number of amides is 1. The fraction of sp³-hybridized carbons (Fsp3) is 0.562. The van der Waals surface area contributed by atoms with E-state index in [1.165, 1.54) is 15.2 Å². The van der Waals surface area contributed by atoms with Crippen LogP contribution in [0.3, 0.4) is 0 Å². The first-order valence-corrected chi connectivity index (χ1v) is 15.8. The van der Waals surface area contributed by atoms with Crippen LogP contribution in [0.25, 0.3) is 0 Å². The van der Waals surface area contributed by atoms with Crippen LogP contribution in [-0.2, 0) is 32.2 Å². The second-order valence-corrected chi connectivity index (χ2v) is 14.1. The number of aromatic nitrogens is 3. The average Bonchev–Trinajstić information content (AvgIpc) is 3.60. The molecule has 0 unspecified atom stereocenters. The summed E-state index contributed by atoms with van der Waals surface area (Å²) in [7, 11) is 0. The molecular formula is C32H35BrN4O5. The Balaban J connectivity index is 0.974. The van der Waals surface area contributed by atoms with E-state index in [0.717, 1.165) is 51.4 Å². The molecule has 2 aromatic rings. The summed E-state index contributed by atoms with van der Waals surface area (Å²) in [6.07, 6.45) is 11.3. The van der Waals surface area contributed by atoms with Crippen LogP contribution >= 0.6 is 15.9 Å². The Labute approximate surface area is 253 Å². The van der Waals surface area contributed by atoms with Crippen molar-refractivity contribution in [1.82, 2.24) is 15.0 Å². The molecule has 1 aromatic heterocycles. The summed E-state index contributed by atoms with van der Waals surface area (Å²) in [5.41, 5.74) is 2.75. The molecule has 5 aliphatic rings. The van der Waals surface area contributed by atoms with Crippen LogP contribution in [0.2, 0.25) is 0 Å². The van der Waals surface area contributed by atoms with E-state index < -0.39 is 11.7 Å². The smallest absolute Gasteiger partial charge is 0.328 e. The molecule has 3 saturated carbocycles. The van der Waals surface area contributed by atoms with Crippen LogP contribution in [0.15, 0.2) is 40.5 Å². The maximum atomic E-state index is 12.9. The number of halogens is 1. The summed E-state index contributed by atoms with van der Waals surface area (Å²) in [6.45, 7) is 4.62. The first-order chi connectivity index (χ1) is 20.1. The standard InChI is InChI=1S/C32H35BrN4O5/c1-31-12-10-20(14-18(31)6-7-21-22-8-9-26(38)32(22,2)13-11-23(21)31)42-27(39)17-36-15-19(34-35-36)16-37-25-5-3-4-24(33)28(25)29(40)30(37)41/h3-6,15,20-23H,7-14,16-17H2,1-2H3/t20-,21-,22-,23-,31-,32-/m0/s1. The molecule has 4 aliphatic carbocycles. The summed E-state index contributed by atoms with van der Waals surface area (Å²) in [5.74, 6) is 0.607. The molecule has 0 radical (unpaired) electrons. The molecule has 0 saturated heterocycles. The molecule has 10 heteroatoms. The summed E-state index contributed by atoms with van der Waals surface area (Å²) in [5, 5.41) is 8.19. The molecule has 0 spiro atoms. The monoisotopic (exact) mass is 634 g/mol. The van der Waals surface area contributed by atoms with Gasteiger partial charge >= 0.3 is 5.97 Å². The zero-order valence-electron chi connectivity index (χ0n) is 24.0. The van der Waals surface area contributed by atoms with Crippen molar-refractivity contribution in [3.8, 4) is 0 Å². The highest BCUT2D eigenvalue weighted by Crippen LogP contribution is 2.64. The molecule has 220 valence electrons. The number of hydrogen-bond donors (Lipinski definition) is 0. The van der Waals surface area contributed by atoms with Crippen molar-refractivity contribution in [3.05, 3.63) is 51.8 Å². The number of anilines is 1. The first kappa shape index (κ1) is 27.7. The molecule has 1 amide bonds. The topological polar surface area (TPSA) is 111 Å². The summed E-state index contributed by atoms with van der Waals surface area (Å²) in [4.78, 5) is 52.1. The second-order valence-electron chi connectivity index (χ2n) is 13.3. The van der Waals surface area contributed by atoms with E-state index in [1.54, 1.807) is 24.4 Å². The van der Waals surface area contributed by atoms with E-state index in [4.69, 9.17) is 4.74 Å². The first-order valence-electron chi connectivity index (χ1n) is 15.0. The molecule has 0 N–H and O–H groups in total. The van der Waals surface area contributed by atoms with Gasteiger partial charge in [-0.1, -0.05) is 36.8 Å². The highest BCUT2D eigenvalue weighted by Gasteiger charge is 2.58. The van der Waals surface area contributed by atoms with Crippen molar-refractivity contribution >= 4 is 45.1 Å². The van der Waals surface area contributed by atoms with Crippen molar-refractivity contribution in [2.75, 3.05) is 4.90 Å². The number of carbonyl (C=O) groups excluding carboxylic acids is 4. The summed E-state index contributed by atoms with van der Waals surface area (Å²) < 4.78 is 7.92. The number of fused-ring (bicyclic) bond motifs is 6. The molecule has 42 heavy (non-hydrogen) atoms. The number of ether oxygens (including phenoxy) is 1. The van der Waals surface area contributed by atoms with Gasteiger partial charge < -0.3 is 4.74 Å². The Morgan fingerprint density at radius 2 is 1.88 bits per heavy atom. The zero-order valence-corrected chi connectivity index (χ0v) is 25.6. The Morgan fingerprint density at radius 3 is 2.71 bits per heavy atom. The van der Waals surface area contributed by atoms with Crippen molar-refractivity contribution in [3.63, 3.8) is 0 Å². The van der Waals surface area contributed by atoms with Crippen LogP contribution in [0.5, 0.6) is 0 Å². The number of benzene rings is 1. The van der Waals surface area contributed by atoms with Gasteiger partial charge in [-0.25, -0.2) is 4.68 Å². The lowest BCUT2D eigenvalue weighted by molar-refractivity contribution is -0.152. The Bertz CT molecular complexity index is 1550. The van der Waals surface area contributed by atoms with Crippen LogP contribution in [-0.4, -0.2) is 44.5 Å². The van der Waals surface area contributed by atoms with Crippen molar-refractivity contribution < 1.29 is 23.9 Å². The zero-order chi connectivity index (χ0) is 29.4. The third-order valence-corrected chi connectivity index (χ3v) is 11.9. The van der Waals surface area contributed by atoms with Gasteiger partial charge in [-0.15, -0.1) is 5.10 Å². The van der Waals surface area contributed by atoms with Gasteiger partial charge in [-0.3, -0.25) is 24.1 Å². The minimum atomic E-state index is -0.613. The molecule has 9 nitrogen and oxygen atoms in total. The van der Waals surface area contributed by atoms with E-state index in [2.05, 4.69) is 46.2 Å². The molecule has 3 fully saturated rings. The Hall–Kier alpha value is -3.14. The van der Waals surface area contributed by atoms with Crippen molar-refractivity contribution in [2.24, 2.45) is 28.6 Å². The molecule has 7 rings (SSSR count). The van der Waals surface area contributed by atoms with Crippen LogP contribution in [0.4, 0.5) is 5.69 Å². The van der Waals surface area contributed by atoms with E-state index in [-0.39, 0.29) is 36.0 Å². The largest absolute Gasteiger partial charge is 0.461 e. The Morgan fingerprint density at radius 1 is 1.10 bits per heavy atom. The van der Waals surface area contributed by atoms with Crippen LogP contribution in [0.1, 0.15) is 81.3 Å². The number of esters is 1. The fourth-order valence-corrected chi connectivity index (χ4v) is 9.50. The number of hydrogen-bond acceptors (Lipinski definition) is 7. The third kappa shape index (κ3) is 4.23. The molecular weight excluding hydrogens is 600 g/mol. The molecule has 1 aliphatic heterocycles. The van der Waals surface area contributed by atoms with Crippen molar-refractivity contribution in [1.29, 1.82) is 0 Å². The van der Waals surface area contributed by atoms with Gasteiger partial charge in [0, 0.05) is 22.7 Å². The van der Waals surface area contributed by atoms with Crippen LogP contribution < -0.4 is 4.90 Å².